The Labute approximate surface area is 147 Å². The van der Waals surface area contributed by atoms with E-state index in [0.29, 0.717) is 29.4 Å². The SMILES string of the molecule is C#CCOc1ccc(C(=O)c2ccc(OC[C@H](C)CCl)cc2)cc1. The van der Waals surface area contributed by atoms with Crippen LogP contribution in [0.5, 0.6) is 11.5 Å². The molecule has 2 rings (SSSR count). The van der Waals surface area contributed by atoms with Crippen molar-refractivity contribution in [2.24, 2.45) is 5.92 Å². The van der Waals surface area contributed by atoms with Gasteiger partial charge in [-0.1, -0.05) is 12.8 Å². The first kappa shape index (κ1) is 17.9. The van der Waals surface area contributed by atoms with E-state index in [-0.39, 0.29) is 18.3 Å². The molecule has 0 bridgehead atoms. The summed E-state index contributed by atoms with van der Waals surface area (Å²) in [6, 6.07) is 14.0. The summed E-state index contributed by atoms with van der Waals surface area (Å²) in [7, 11) is 0. The maximum atomic E-state index is 12.5. The second-order valence-electron chi connectivity index (χ2n) is 5.44. The number of ketones is 1. The fraction of sp³-hybridized carbons (Fsp3) is 0.250. The highest BCUT2D eigenvalue weighted by atomic mass is 35.5. The zero-order valence-electron chi connectivity index (χ0n) is 13.5. The van der Waals surface area contributed by atoms with Crippen LogP contribution in [0, 0.1) is 18.3 Å². The zero-order chi connectivity index (χ0) is 17.4. The van der Waals surface area contributed by atoms with Gasteiger partial charge in [0.2, 0.25) is 0 Å². The predicted octanol–water partition coefficient (Wildman–Crippen LogP) is 4.18. The number of carbonyl (C=O) groups excluding carboxylic acids is 1. The third-order valence-electron chi connectivity index (χ3n) is 3.35. The first-order valence-electron chi connectivity index (χ1n) is 7.64. The van der Waals surface area contributed by atoms with Crippen molar-refractivity contribution in [1.82, 2.24) is 0 Å². The van der Waals surface area contributed by atoms with Crippen LogP contribution in [0.15, 0.2) is 48.5 Å². The van der Waals surface area contributed by atoms with Gasteiger partial charge in [0, 0.05) is 22.9 Å². The highest BCUT2D eigenvalue weighted by Crippen LogP contribution is 2.18. The summed E-state index contributed by atoms with van der Waals surface area (Å²) in [6.45, 7) is 2.77. The topological polar surface area (TPSA) is 35.5 Å². The van der Waals surface area contributed by atoms with Crippen molar-refractivity contribution in [2.75, 3.05) is 19.1 Å². The molecule has 0 amide bonds. The third-order valence-corrected chi connectivity index (χ3v) is 3.88. The number of terminal acetylenes is 1. The van der Waals surface area contributed by atoms with Gasteiger partial charge in [-0.15, -0.1) is 18.0 Å². The minimum absolute atomic E-state index is 0.0563. The summed E-state index contributed by atoms with van der Waals surface area (Å²) in [4.78, 5) is 12.5. The van der Waals surface area contributed by atoms with Gasteiger partial charge in [0.15, 0.2) is 5.78 Å². The van der Waals surface area contributed by atoms with Crippen LogP contribution in [0.2, 0.25) is 0 Å². The van der Waals surface area contributed by atoms with Crippen molar-refractivity contribution in [3.8, 4) is 23.8 Å². The van der Waals surface area contributed by atoms with Crippen molar-refractivity contribution in [3.63, 3.8) is 0 Å². The minimum atomic E-state index is -0.0563. The second-order valence-corrected chi connectivity index (χ2v) is 5.75. The quantitative estimate of drug-likeness (QED) is 0.410. The molecule has 3 nitrogen and oxygen atoms in total. The molecule has 2 aromatic carbocycles. The second kappa shape index (κ2) is 9.00. The molecule has 0 heterocycles. The molecule has 0 unspecified atom stereocenters. The molecule has 2 aromatic rings. The smallest absolute Gasteiger partial charge is 0.193 e. The lowest BCUT2D eigenvalue weighted by Crippen LogP contribution is -2.09. The van der Waals surface area contributed by atoms with Crippen LogP contribution in [-0.4, -0.2) is 24.9 Å². The molecule has 24 heavy (non-hydrogen) atoms. The lowest BCUT2D eigenvalue weighted by molar-refractivity contribution is 0.103. The van der Waals surface area contributed by atoms with Crippen LogP contribution in [-0.2, 0) is 0 Å². The van der Waals surface area contributed by atoms with E-state index in [1.54, 1.807) is 48.5 Å². The molecule has 0 N–H and O–H groups in total. The van der Waals surface area contributed by atoms with Gasteiger partial charge in [-0.25, -0.2) is 0 Å². The summed E-state index contributed by atoms with van der Waals surface area (Å²) in [6.07, 6.45) is 5.14. The van der Waals surface area contributed by atoms with E-state index in [1.807, 2.05) is 6.92 Å². The van der Waals surface area contributed by atoms with Crippen molar-refractivity contribution in [2.45, 2.75) is 6.92 Å². The number of hydrogen-bond acceptors (Lipinski definition) is 3. The Hall–Kier alpha value is -2.44. The molecule has 124 valence electrons. The van der Waals surface area contributed by atoms with E-state index in [9.17, 15) is 4.79 Å². The molecule has 0 saturated heterocycles. The number of halogens is 1. The van der Waals surface area contributed by atoms with Gasteiger partial charge in [0.25, 0.3) is 0 Å². The fourth-order valence-corrected chi connectivity index (χ4v) is 2.07. The summed E-state index contributed by atoms with van der Waals surface area (Å²) in [5.41, 5.74) is 1.19. The minimum Gasteiger partial charge on any atom is -0.493 e. The number of carbonyl (C=O) groups is 1. The van der Waals surface area contributed by atoms with Gasteiger partial charge in [-0.2, -0.15) is 0 Å². The average Bonchev–Trinajstić information content (AvgIpc) is 2.64. The first-order valence-corrected chi connectivity index (χ1v) is 8.17. The van der Waals surface area contributed by atoms with Gasteiger partial charge < -0.3 is 9.47 Å². The Morgan fingerprint density at radius 3 is 2.00 bits per heavy atom. The molecule has 0 radical (unpaired) electrons. The predicted molar refractivity (Wildman–Crippen MR) is 96.0 cm³/mol. The normalized spacial score (nSPS) is 11.4. The standard InChI is InChI=1S/C20H19ClO3/c1-3-12-23-18-8-4-16(5-9-18)20(22)17-6-10-19(11-7-17)24-14-15(2)13-21/h1,4-11,15H,12-14H2,2H3/t15-/m1/s1. The van der Waals surface area contributed by atoms with Crippen LogP contribution in [0.1, 0.15) is 22.8 Å². The van der Waals surface area contributed by atoms with E-state index in [1.165, 1.54) is 0 Å². The van der Waals surface area contributed by atoms with Crippen LogP contribution >= 0.6 is 11.6 Å². The summed E-state index contributed by atoms with van der Waals surface area (Å²) in [5.74, 6) is 4.54. The van der Waals surface area contributed by atoms with E-state index >= 15 is 0 Å². The first-order chi connectivity index (χ1) is 11.6. The summed E-state index contributed by atoms with van der Waals surface area (Å²) < 4.78 is 10.9. The number of rotatable bonds is 8. The number of benzene rings is 2. The summed E-state index contributed by atoms with van der Waals surface area (Å²) >= 11 is 5.75. The van der Waals surface area contributed by atoms with Crippen molar-refractivity contribution in [3.05, 3.63) is 59.7 Å². The summed E-state index contributed by atoms with van der Waals surface area (Å²) in [5, 5.41) is 0. The lowest BCUT2D eigenvalue weighted by atomic mass is 10.0. The fourth-order valence-electron chi connectivity index (χ4n) is 1.98. The molecule has 0 aliphatic heterocycles. The highest BCUT2D eigenvalue weighted by Gasteiger charge is 2.10. The third kappa shape index (κ3) is 5.04. The van der Waals surface area contributed by atoms with E-state index in [4.69, 9.17) is 27.5 Å². The maximum absolute atomic E-state index is 12.5. The monoisotopic (exact) mass is 342 g/mol. The highest BCUT2D eigenvalue weighted by molar-refractivity contribution is 6.18. The molecular formula is C20H19ClO3. The van der Waals surface area contributed by atoms with Crippen molar-refractivity contribution in [1.29, 1.82) is 0 Å². The van der Waals surface area contributed by atoms with Crippen LogP contribution in [0.25, 0.3) is 0 Å². The Balaban J connectivity index is 2.00. The van der Waals surface area contributed by atoms with Crippen LogP contribution in [0.3, 0.4) is 0 Å². The average molecular weight is 343 g/mol. The van der Waals surface area contributed by atoms with Gasteiger partial charge in [-0.05, 0) is 48.5 Å². The maximum Gasteiger partial charge on any atom is 0.193 e. The molecule has 0 saturated carbocycles. The molecule has 4 heteroatoms. The number of alkyl halides is 1. The van der Waals surface area contributed by atoms with Gasteiger partial charge in [0.1, 0.15) is 18.1 Å². The lowest BCUT2D eigenvalue weighted by Gasteiger charge is -2.10. The van der Waals surface area contributed by atoms with Gasteiger partial charge in [0.05, 0.1) is 6.61 Å². The van der Waals surface area contributed by atoms with Gasteiger partial charge in [-0.3, -0.25) is 4.79 Å². The molecule has 0 aromatic heterocycles. The molecular weight excluding hydrogens is 324 g/mol. The Morgan fingerprint density at radius 1 is 1.04 bits per heavy atom. The molecule has 0 spiro atoms. The van der Waals surface area contributed by atoms with Crippen molar-refractivity contribution < 1.29 is 14.3 Å². The molecule has 0 fully saturated rings. The number of ether oxygens (including phenoxy) is 2. The Bertz CT molecular complexity index is 699. The zero-order valence-corrected chi connectivity index (χ0v) is 14.3. The molecule has 0 aliphatic rings. The van der Waals surface area contributed by atoms with E-state index < -0.39 is 0 Å². The molecule has 1 atom stereocenters. The Morgan fingerprint density at radius 2 is 1.54 bits per heavy atom. The van der Waals surface area contributed by atoms with Crippen molar-refractivity contribution >= 4 is 17.4 Å². The van der Waals surface area contributed by atoms with E-state index in [0.717, 1.165) is 5.75 Å². The number of hydrogen-bond donors (Lipinski definition) is 0. The van der Waals surface area contributed by atoms with Crippen LogP contribution < -0.4 is 9.47 Å². The Kier molecular flexibility index (Phi) is 6.72. The largest absolute Gasteiger partial charge is 0.493 e. The molecule has 0 aliphatic carbocycles. The van der Waals surface area contributed by atoms with E-state index in [2.05, 4.69) is 5.92 Å². The van der Waals surface area contributed by atoms with Gasteiger partial charge >= 0.3 is 0 Å². The van der Waals surface area contributed by atoms with Crippen LogP contribution in [0.4, 0.5) is 0 Å².